The minimum Gasteiger partial charge on any atom is -0.353 e. The molecule has 1 aromatic heterocycles. The van der Waals surface area contributed by atoms with Crippen molar-refractivity contribution in [1.29, 1.82) is 0 Å². The van der Waals surface area contributed by atoms with Gasteiger partial charge in [0.2, 0.25) is 11.8 Å². The number of unbranched alkanes of at least 4 members (excludes halogenated alkanes) is 1. The smallest absolute Gasteiger partial charge is 0.242 e. The molecule has 0 saturated heterocycles. The summed E-state index contributed by atoms with van der Waals surface area (Å²) in [6.45, 7) is 5.48. The van der Waals surface area contributed by atoms with Crippen molar-refractivity contribution in [2.24, 2.45) is 7.05 Å². The van der Waals surface area contributed by atoms with Crippen LogP contribution in [0.5, 0.6) is 0 Å². The zero-order valence-electron chi connectivity index (χ0n) is 14.6. The maximum atomic E-state index is 12.8. The predicted molar refractivity (Wildman–Crippen MR) is 90.8 cm³/mol. The fourth-order valence-corrected chi connectivity index (χ4v) is 2.76. The van der Waals surface area contributed by atoms with Crippen molar-refractivity contribution in [2.75, 3.05) is 13.1 Å². The van der Waals surface area contributed by atoms with E-state index in [0.29, 0.717) is 25.6 Å². The first-order valence-corrected chi connectivity index (χ1v) is 8.74. The maximum absolute atomic E-state index is 12.8. The second-order valence-corrected chi connectivity index (χ2v) is 6.39. The molecule has 1 fully saturated rings. The maximum Gasteiger partial charge on any atom is 0.242 e. The normalized spacial score (nSPS) is 13.9. The zero-order valence-corrected chi connectivity index (χ0v) is 14.6. The molecule has 0 unspecified atom stereocenters. The Morgan fingerprint density at radius 2 is 2.00 bits per heavy atom. The van der Waals surface area contributed by atoms with Crippen LogP contribution in [0.15, 0.2) is 18.3 Å². The van der Waals surface area contributed by atoms with Crippen LogP contribution in [0.3, 0.4) is 0 Å². The van der Waals surface area contributed by atoms with Crippen LogP contribution in [0.25, 0.3) is 0 Å². The third kappa shape index (κ3) is 4.85. The molecule has 1 heterocycles. The molecule has 1 saturated carbocycles. The molecule has 2 rings (SSSR count). The highest BCUT2D eigenvalue weighted by molar-refractivity contribution is 5.85. The summed E-state index contributed by atoms with van der Waals surface area (Å²) >= 11 is 0. The average Bonchev–Trinajstić information content (AvgIpc) is 3.31. The summed E-state index contributed by atoms with van der Waals surface area (Å²) < 4.78 is 2.05. The van der Waals surface area contributed by atoms with Crippen molar-refractivity contribution in [2.45, 2.75) is 58.5 Å². The largest absolute Gasteiger partial charge is 0.353 e. The van der Waals surface area contributed by atoms with E-state index in [0.717, 1.165) is 31.4 Å². The molecule has 0 radical (unpaired) electrons. The first kappa shape index (κ1) is 17.6. The molecule has 1 aliphatic carbocycles. The molecule has 0 spiro atoms. The van der Waals surface area contributed by atoms with E-state index in [9.17, 15) is 9.59 Å². The summed E-state index contributed by atoms with van der Waals surface area (Å²) in [5, 5.41) is 0. The van der Waals surface area contributed by atoms with E-state index in [-0.39, 0.29) is 18.4 Å². The molecule has 0 atom stereocenters. The molecule has 5 nitrogen and oxygen atoms in total. The Morgan fingerprint density at radius 3 is 2.52 bits per heavy atom. The van der Waals surface area contributed by atoms with Crippen molar-refractivity contribution in [1.82, 2.24) is 14.4 Å². The molecule has 0 aromatic carbocycles. The van der Waals surface area contributed by atoms with Crippen LogP contribution in [0.4, 0.5) is 0 Å². The Balaban J connectivity index is 2.01. The fourth-order valence-electron chi connectivity index (χ4n) is 2.76. The Morgan fingerprint density at radius 1 is 1.26 bits per heavy atom. The summed E-state index contributed by atoms with van der Waals surface area (Å²) in [5.74, 6) is 0.146. The van der Waals surface area contributed by atoms with Gasteiger partial charge in [0.1, 0.15) is 0 Å². The molecule has 5 heteroatoms. The minimum absolute atomic E-state index is 0.0708. The number of amides is 2. The van der Waals surface area contributed by atoms with Gasteiger partial charge in [-0.3, -0.25) is 9.59 Å². The highest BCUT2D eigenvalue weighted by atomic mass is 16.2. The van der Waals surface area contributed by atoms with Crippen LogP contribution >= 0.6 is 0 Å². The summed E-state index contributed by atoms with van der Waals surface area (Å²) in [4.78, 5) is 28.5. The Hall–Kier alpha value is -1.78. The van der Waals surface area contributed by atoms with Gasteiger partial charge >= 0.3 is 0 Å². The van der Waals surface area contributed by atoms with Crippen molar-refractivity contribution >= 4 is 11.8 Å². The zero-order chi connectivity index (χ0) is 16.8. The van der Waals surface area contributed by atoms with Gasteiger partial charge in [-0.25, -0.2) is 0 Å². The first-order chi connectivity index (χ1) is 11.1. The topological polar surface area (TPSA) is 45.6 Å². The Labute approximate surface area is 139 Å². The highest BCUT2D eigenvalue weighted by Crippen LogP contribution is 2.28. The quantitative estimate of drug-likeness (QED) is 0.702. The molecule has 23 heavy (non-hydrogen) atoms. The van der Waals surface area contributed by atoms with Crippen molar-refractivity contribution in [3.05, 3.63) is 24.0 Å². The minimum atomic E-state index is 0.0708. The van der Waals surface area contributed by atoms with Crippen molar-refractivity contribution < 1.29 is 9.59 Å². The number of aryl methyl sites for hydroxylation is 1. The van der Waals surface area contributed by atoms with E-state index >= 15 is 0 Å². The molecule has 0 bridgehead atoms. The van der Waals surface area contributed by atoms with Crippen LogP contribution in [-0.2, 0) is 23.2 Å². The lowest BCUT2D eigenvalue weighted by Crippen LogP contribution is -2.44. The summed E-state index contributed by atoms with van der Waals surface area (Å²) in [6.07, 6.45) is 6.58. The van der Waals surface area contributed by atoms with Crippen LogP contribution in [0, 0.1) is 0 Å². The van der Waals surface area contributed by atoms with Crippen LogP contribution in [-0.4, -0.2) is 45.3 Å². The van der Waals surface area contributed by atoms with E-state index in [4.69, 9.17) is 0 Å². The molecular formula is C18H29N3O2. The summed E-state index contributed by atoms with van der Waals surface area (Å²) in [7, 11) is 2.00. The number of rotatable bonds is 9. The van der Waals surface area contributed by atoms with E-state index in [2.05, 4.69) is 17.6 Å². The van der Waals surface area contributed by atoms with Gasteiger partial charge in [0, 0.05) is 37.9 Å². The molecule has 1 aromatic rings. The van der Waals surface area contributed by atoms with Gasteiger partial charge in [-0.05, 0) is 31.4 Å². The third-order valence-electron chi connectivity index (χ3n) is 4.45. The molecule has 1 aliphatic rings. The second-order valence-electron chi connectivity index (χ2n) is 6.39. The number of hydrogen-bond acceptors (Lipinski definition) is 2. The van der Waals surface area contributed by atoms with Gasteiger partial charge in [0.05, 0.1) is 13.1 Å². The van der Waals surface area contributed by atoms with Gasteiger partial charge < -0.3 is 14.4 Å². The highest BCUT2D eigenvalue weighted by Gasteiger charge is 2.33. The molecule has 128 valence electrons. The van der Waals surface area contributed by atoms with Gasteiger partial charge in [-0.15, -0.1) is 0 Å². The number of hydrogen-bond donors (Lipinski definition) is 0. The average molecular weight is 319 g/mol. The van der Waals surface area contributed by atoms with E-state index < -0.39 is 0 Å². The van der Waals surface area contributed by atoms with Crippen molar-refractivity contribution in [3.8, 4) is 0 Å². The third-order valence-corrected chi connectivity index (χ3v) is 4.45. The number of carbonyl (C=O) groups is 2. The number of aromatic nitrogens is 1. The summed E-state index contributed by atoms with van der Waals surface area (Å²) in [5.41, 5.74) is 1.13. The standard InChI is InChI=1S/C18H29N3O2/c1-4-6-12-20(17(22)5-2)14-18(23)21(15-9-10-15)13-16-8-7-11-19(16)3/h7-8,11,15H,4-6,9-10,12-14H2,1-3H3. The molecule has 0 N–H and O–H groups in total. The van der Waals surface area contributed by atoms with E-state index in [1.807, 2.05) is 31.1 Å². The Bertz CT molecular complexity index is 534. The molecule has 0 aliphatic heterocycles. The predicted octanol–water partition coefficient (Wildman–Crippen LogP) is 2.55. The van der Waals surface area contributed by atoms with Crippen LogP contribution in [0.2, 0.25) is 0 Å². The van der Waals surface area contributed by atoms with Gasteiger partial charge in [-0.1, -0.05) is 20.3 Å². The van der Waals surface area contributed by atoms with Gasteiger partial charge in [-0.2, -0.15) is 0 Å². The van der Waals surface area contributed by atoms with Crippen LogP contribution < -0.4 is 0 Å². The Kier molecular flexibility index (Phi) is 6.25. The number of carbonyl (C=O) groups excluding carboxylic acids is 2. The van der Waals surface area contributed by atoms with E-state index in [1.165, 1.54) is 0 Å². The van der Waals surface area contributed by atoms with Crippen molar-refractivity contribution in [3.63, 3.8) is 0 Å². The lowest BCUT2D eigenvalue weighted by Gasteiger charge is -2.28. The molecular weight excluding hydrogens is 290 g/mol. The summed E-state index contributed by atoms with van der Waals surface area (Å²) in [6, 6.07) is 4.40. The number of nitrogens with zero attached hydrogens (tertiary/aromatic N) is 3. The van der Waals surface area contributed by atoms with E-state index in [1.54, 1.807) is 4.90 Å². The lowest BCUT2D eigenvalue weighted by molar-refractivity contribution is -0.141. The van der Waals surface area contributed by atoms with Gasteiger partial charge in [0.25, 0.3) is 0 Å². The van der Waals surface area contributed by atoms with Crippen LogP contribution in [0.1, 0.15) is 51.6 Å². The first-order valence-electron chi connectivity index (χ1n) is 8.74. The monoisotopic (exact) mass is 319 g/mol. The SMILES string of the molecule is CCCCN(CC(=O)N(Cc1cccn1C)C1CC1)C(=O)CC. The fraction of sp³-hybridized carbons (Fsp3) is 0.667. The van der Waals surface area contributed by atoms with Gasteiger partial charge in [0.15, 0.2) is 0 Å². The lowest BCUT2D eigenvalue weighted by atomic mass is 10.2. The molecule has 2 amide bonds. The second kappa shape index (κ2) is 8.18.